The molecule has 5 heteroatoms. The summed E-state index contributed by atoms with van der Waals surface area (Å²) < 4.78 is 5.57. The third kappa shape index (κ3) is 2.61. The lowest BCUT2D eigenvalue weighted by Crippen LogP contribution is -2.30. The van der Waals surface area contributed by atoms with Crippen LogP contribution in [0.15, 0.2) is 12.4 Å². The molecule has 1 saturated heterocycles. The van der Waals surface area contributed by atoms with E-state index in [1.54, 1.807) is 12.4 Å². The highest BCUT2D eigenvalue weighted by Gasteiger charge is 2.34. The molecule has 2 fully saturated rings. The van der Waals surface area contributed by atoms with Crippen LogP contribution in [0.5, 0.6) is 0 Å². The maximum Gasteiger partial charge on any atom is 0.231 e. The van der Waals surface area contributed by atoms with Gasteiger partial charge in [0.1, 0.15) is 0 Å². The van der Waals surface area contributed by atoms with E-state index < -0.39 is 0 Å². The lowest BCUT2D eigenvalue weighted by Gasteiger charge is -2.16. The largest absolute Gasteiger partial charge is 0.377 e. The fourth-order valence-electron chi connectivity index (χ4n) is 2.66. The van der Waals surface area contributed by atoms with Crippen molar-refractivity contribution in [2.75, 3.05) is 11.9 Å². The Bertz CT molecular complexity index is 474. The smallest absolute Gasteiger partial charge is 0.231 e. The minimum atomic E-state index is -0.0564. The minimum Gasteiger partial charge on any atom is -0.377 e. The van der Waals surface area contributed by atoms with Crippen molar-refractivity contribution in [1.29, 1.82) is 0 Å². The fraction of sp³-hybridized carbons (Fsp3) is 0.643. The molecule has 0 spiro atoms. The van der Waals surface area contributed by atoms with Crippen LogP contribution in [-0.4, -0.2) is 28.6 Å². The first-order valence-electron chi connectivity index (χ1n) is 7.03. The monoisotopic (exact) mass is 261 g/mol. The molecule has 0 radical (unpaired) electrons. The first-order valence-corrected chi connectivity index (χ1v) is 7.03. The second kappa shape index (κ2) is 5.25. The summed E-state index contributed by atoms with van der Waals surface area (Å²) in [5.74, 6) is 1.08. The van der Waals surface area contributed by atoms with E-state index in [9.17, 15) is 4.79 Å². The Morgan fingerprint density at radius 3 is 2.89 bits per heavy atom. The van der Waals surface area contributed by atoms with Crippen molar-refractivity contribution in [2.24, 2.45) is 5.92 Å². The van der Waals surface area contributed by atoms with Gasteiger partial charge in [0.05, 0.1) is 17.7 Å². The highest BCUT2D eigenvalue weighted by atomic mass is 16.5. The molecule has 102 valence electrons. The first-order chi connectivity index (χ1) is 9.29. The Balaban J connectivity index is 1.72. The van der Waals surface area contributed by atoms with Crippen molar-refractivity contribution < 1.29 is 9.53 Å². The van der Waals surface area contributed by atoms with E-state index in [2.05, 4.69) is 15.3 Å². The molecule has 0 aromatic carbocycles. The summed E-state index contributed by atoms with van der Waals surface area (Å²) in [5, 5.41) is 2.95. The van der Waals surface area contributed by atoms with Crippen molar-refractivity contribution in [1.82, 2.24) is 9.97 Å². The number of carbonyl (C=O) groups is 1. The van der Waals surface area contributed by atoms with Crippen LogP contribution in [0.1, 0.15) is 44.2 Å². The maximum atomic E-state index is 12.3. The molecule has 2 heterocycles. The third-order valence-corrected chi connectivity index (χ3v) is 3.88. The molecule has 2 aliphatic rings. The Morgan fingerprint density at radius 1 is 1.37 bits per heavy atom. The van der Waals surface area contributed by atoms with Gasteiger partial charge in [-0.3, -0.25) is 9.78 Å². The minimum absolute atomic E-state index is 0.0201. The molecule has 2 atom stereocenters. The summed E-state index contributed by atoms with van der Waals surface area (Å²) in [7, 11) is 0. The van der Waals surface area contributed by atoms with Crippen LogP contribution in [0.25, 0.3) is 0 Å². The highest BCUT2D eigenvalue weighted by molar-refractivity contribution is 5.92. The number of amides is 1. The molecule has 0 unspecified atom stereocenters. The third-order valence-electron chi connectivity index (χ3n) is 3.88. The Kier molecular flexibility index (Phi) is 3.46. The molecule has 1 aliphatic heterocycles. The number of ether oxygens (including phenoxy) is 1. The molecular weight excluding hydrogens is 242 g/mol. The first kappa shape index (κ1) is 12.5. The fourth-order valence-corrected chi connectivity index (χ4v) is 2.66. The highest BCUT2D eigenvalue weighted by Crippen LogP contribution is 2.41. The topological polar surface area (TPSA) is 64.1 Å². The van der Waals surface area contributed by atoms with Crippen LogP contribution in [0.4, 0.5) is 5.82 Å². The van der Waals surface area contributed by atoms with Gasteiger partial charge in [-0.15, -0.1) is 0 Å². The second-order valence-corrected chi connectivity index (χ2v) is 5.27. The molecule has 19 heavy (non-hydrogen) atoms. The summed E-state index contributed by atoms with van der Waals surface area (Å²) >= 11 is 0. The SMILES string of the molecule is CC[C@@H]1OCC[C@H]1C(=O)Nc1nccnc1C1CC1. The number of hydrogen-bond donors (Lipinski definition) is 1. The maximum absolute atomic E-state index is 12.3. The normalized spacial score (nSPS) is 26.4. The van der Waals surface area contributed by atoms with E-state index >= 15 is 0 Å². The molecule has 3 rings (SSSR count). The van der Waals surface area contributed by atoms with Gasteiger partial charge in [-0.25, -0.2) is 4.98 Å². The lowest BCUT2D eigenvalue weighted by atomic mass is 9.98. The Hall–Kier alpha value is -1.49. The molecule has 1 saturated carbocycles. The Morgan fingerprint density at radius 2 is 2.16 bits per heavy atom. The molecule has 1 aliphatic carbocycles. The van der Waals surface area contributed by atoms with Gasteiger partial charge in [0.25, 0.3) is 0 Å². The van der Waals surface area contributed by atoms with Gasteiger partial charge < -0.3 is 10.1 Å². The molecule has 1 aromatic heterocycles. The van der Waals surface area contributed by atoms with Crippen LogP contribution < -0.4 is 5.32 Å². The van der Waals surface area contributed by atoms with Crippen LogP contribution >= 0.6 is 0 Å². The van der Waals surface area contributed by atoms with Crippen LogP contribution in [0.2, 0.25) is 0 Å². The van der Waals surface area contributed by atoms with Crippen molar-refractivity contribution in [3.63, 3.8) is 0 Å². The number of aromatic nitrogens is 2. The number of rotatable bonds is 4. The standard InChI is InChI=1S/C14H19N3O2/c1-2-11-10(5-8-19-11)14(18)17-13-12(9-3-4-9)15-6-7-16-13/h6-7,9-11H,2-5,8H2,1H3,(H,16,17,18)/t10-,11+/m1/s1. The predicted molar refractivity (Wildman–Crippen MR) is 70.8 cm³/mol. The molecule has 1 N–H and O–H groups in total. The summed E-state index contributed by atoms with van der Waals surface area (Å²) in [4.78, 5) is 20.9. The van der Waals surface area contributed by atoms with Gasteiger partial charge in [0, 0.05) is 24.9 Å². The van der Waals surface area contributed by atoms with E-state index in [0.29, 0.717) is 18.3 Å². The number of nitrogens with one attached hydrogen (secondary N) is 1. The summed E-state index contributed by atoms with van der Waals surface area (Å²) in [6, 6.07) is 0. The van der Waals surface area contributed by atoms with E-state index in [-0.39, 0.29) is 17.9 Å². The van der Waals surface area contributed by atoms with E-state index in [0.717, 1.165) is 31.4 Å². The van der Waals surface area contributed by atoms with Crippen LogP contribution in [-0.2, 0) is 9.53 Å². The van der Waals surface area contributed by atoms with E-state index in [1.165, 1.54) is 0 Å². The van der Waals surface area contributed by atoms with Gasteiger partial charge in [-0.2, -0.15) is 0 Å². The van der Waals surface area contributed by atoms with Crippen molar-refractivity contribution in [3.8, 4) is 0 Å². The molecule has 5 nitrogen and oxygen atoms in total. The zero-order valence-corrected chi connectivity index (χ0v) is 11.1. The number of hydrogen-bond acceptors (Lipinski definition) is 4. The second-order valence-electron chi connectivity index (χ2n) is 5.27. The number of carbonyl (C=O) groups excluding carboxylic acids is 1. The molecule has 1 aromatic rings. The number of nitrogens with zero attached hydrogens (tertiary/aromatic N) is 2. The average Bonchev–Trinajstić information content (AvgIpc) is 3.16. The summed E-state index contributed by atoms with van der Waals surface area (Å²) in [6.45, 7) is 2.72. The zero-order valence-electron chi connectivity index (χ0n) is 11.1. The van der Waals surface area contributed by atoms with Crippen LogP contribution in [0.3, 0.4) is 0 Å². The van der Waals surface area contributed by atoms with Gasteiger partial charge in [-0.05, 0) is 25.7 Å². The van der Waals surface area contributed by atoms with Crippen molar-refractivity contribution in [3.05, 3.63) is 18.1 Å². The van der Waals surface area contributed by atoms with Gasteiger partial charge in [-0.1, -0.05) is 6.92 Å². The number of anilines is 1. The predicted octanol–water partition coefficient (Wildman–Crippen LogP) is 2.11. The Labute approximate surface area is 112 Å². The van der Waals surface area contributed by atoms with Gasteiger partial charge in [0.15, 0.2) is 5.82 Å². The zero-order chi connectivity index (χ0) is 13.2. The van der Waals surface area contributed by atoms with E-state index in [1.807, 2.05) is 6.92 Å². The van der Waals surface area contributed by atoms with Crippen LogP contribution in [0, 0.1) is 5.92 Å². The molecule has 1 amide bonds. The summed E-state index contributed by atoms with van der Waals surface area (Å²) in [6.07, 6.45) is 7.32. The lowest BCUT2D eigenvalue weighted by molar-refractivity contribution is -0.121. The van der Waals surface area contributed by atoms with Crippen molar-refractivity contribution >= 4 is 11.7 Å². The van der Waals surface area contributed by atoms with Gasteiger partial charge in [0.2, 0.25) is 5.91 Å². The van der Waals surface area contributed by atoms with E-state index in [4.69, 9.17) is 4.74 Å². The molecule has 0 bridgehead atoms. The van der Waals surface area contributed by atoms with Gasteiger partial charge >= 0.3 is 0 Å². The summed E-state index contributed by atoms with van der Waals surface area (Å²) in [5.41, 5.74) is 0.933. The van der Waals surface area contributed by atoms with Crippen molar-refractivity contribution in [2.45, 2.75) is 44.6 Å². The molecular formula is C14H19N3O2. The average molecular weight is 261 g/mol. The quantitative estimate of drug-likeness (QED) is 0.901.